The van der Waals surface area contributed by atoms with Crippen molar-refractivity contribution in [1.82, 2.24) is 0 Å². The van der Waals surface area contributed by atoms with Crippen molar-refractivity contribution in [1.29, 1.82) is 0 Å². The summed E-state index contributed by atoms with van der Waals surface area (Å²) in [4.78, 5) is 13.9. The number of methoxy groups -OCH3 is 1. The first kappa shape index (κ1) is 14.2. The monoisotopic (exact) mass is 273 g/mol. The fraction of sp³-hybridized carbons (Fsp3) is 0.312. The number of ketones is 1. The maximum atomic E-state index is 11.9. The van der Waals surface area contributed by atoms with Gasteiger partial charge in [-0.05, 0) is 38.1 Å². The maximum absolute atomic E-state index is 11.9. The second-order valence-corrected chi connectivity index (χ2v) is 4.78. The van der Waals surface area contributed by atoms with E-state index in [4.69, 9.17) is 9.15 Å². The molecule has 0 fully saturated rings. The normalized spacial score (nSPS) is 10.4. The van der Waals surface area contributed by atoms with Crippen LogP contribution in [-0.2, 0) is 6.54 Å². The molecule has 0 unspecified atom stereocenters. The molecular formula is C16H19NO3. The van der Waals surface area contributed by atoms with E-state index in [9.17, 15) is 4.79 Å². The van der Waals surface area contributed by atoms with E-state index >= 15 is 0 Å². The Morgan fingerprint density at radius 2 is 2.05 bits per heavy atom. The molecule has 106 valence electrons. The number of rotatable bonds is 5. The van der Waals surface area contributed by atoms with E-state index in [1.54, 1.807) is 20.1 Å². The molecule has 0 N–H and O–H groups in total. The van der Waals surface area contributed by atoms with Crippen molar-refractivity contribution in [3.63, 3.8) is 0 Å². The van der Waals surface area contributed by atoms with Crippen LogP contribution in [0.15, 0.2) is 34.7 Å². The number of nitrogens with zero attached hydrogens (tertiary/aromatic N) is 1. The summed E-state index contributed by atoms with van der Waals surface area (Å²) in [6.07, 6.45) is 0. The van der Waals surface area contributed by atoms with Gasteiger partial charge in [0.25, 0.3) is 0 Å². The number of furan rings is 1. The minimum Gasteiger partial charge on any atom is -0.496 e. The zero-order chi connectivity index (χ0) is 14.7. The second-order valence-electron chi connectivity index (χ2n) is 4.78. The van der Waals surface area contributed by atoms with Gasteiger partial charge in [-0.25, -0.2) is 0 Å². The van der Waals surface area contributed by atoms with Gasteiger partial charge in [-0.2, -0.15) is 0 Å². The third kappa shape index (κ3) is 2.85. The third-order valence-electron chi connectivity index (χ3n) is 3.18. The van der Waals surface area contributed by atoms with E-state index in [-0.39, 0.29) is 5.78 Å². The summed E-state index contributed by atoms with van der Waals surface area (Å²) in [7, 11) is 3.50. The number of ether oxygens (including phenoxy) is 1. The number of Topliss-reactive ketones (excluding diaryl/α,β-unsaturated/α-hetero) is 1. The first-order valence-corrected chi connectivity index (χ1v) is 6.47. The molecule has 0 aliphatic heterocycles. The summed E-state index contributed by atoms with van der Waals surface area (Å²) >= 11 is 0. The molecule has 0 amide bonds. The fourth-order valence-electron chi connectivity index (χ4n) is 2.25. The fourth-order valence-corrected chi connectivity index (χ4v) is 2.25. The van der Waals surface area contributed by atoms with Crippen LogP contribution in [0.25, 0.3) is 0 Å². The Labute approximate surface area is 119 Å². The number of aryl methyl sites for hydroxylation is 1. The van der Waals surface area contributed by atoms with Gasteiger partial charge in [0.1, 0.15) is 17.3 Å². The standard InChI is InChI=1S/C16H19NO3/c1-11-8-9-13(20-11)10-17(3)14-6-5-7-15(19-4)16(14)12(2)18/h5-9H,10H2,1-4H3. The molecule has 0 radical (unpaired) electrons. The highest BCUT2D eigenvalue weighted by atomic mass is 16.5. The highest BCUT2D eigenvalue weighted by Gasteiger charge is 2.17. The molecule has 20 heavy (non-hydrogen) atoms. The van der Waals surface area contributed by atoms with E-state index in [0.29, 0.717) is 17.9 Å². The maximum Gasteiger partial charge on any atom is 0.165 e. The van der Waals surface area contributed by atoms with Crippen molar-refractivity contribution in [2.75, 3.05) is 19.1 Å². The van der Waals surface area contributed by atoms with Gasteiger partial charge in [0.2, 0.25) is 0 Å². The predicted molar refractivity (Wildman–Crippen MR) is 78.6 cm³/mol. The van der Waals surface area contributed by atoms with Gasteiger partial charge in [-0.1, -0.05) is 6.07 Å². The topological polar surface area (TPSA) is 42.7 Å². The molecule has 1 heterocycles. The summed E-state index contributed by atoms with van der Waals surface area (Å²) in [5.74, 6) is 2.32. The average molecular weight is 273 g/mol. The average Bonchev–Trinajstić information content (AvgIpc) is 2.82. The first-order valence-electron chi connectivity index (χ1n) is 6.47. The number of carbonyl (C=O) groups excluding carboxylic acids is 1. The van der Waals surface area contributed by atoms with Crippen molar-refractivity contribution >= 4 is 11.5 Å². The molecule has 4 nitrogen and oxygen atoms in total. The van der Waals surface area contributed by atoms with Crippen molar-refractivity contribution < 1.29 is 13.9 Å². The molecule has 1 aromatic carbocycles. The number of benzene rings is 1. The van der Waals surface area contributed by atoms with Gasteiger partial charge >= 0.3 is 0 Å². The van der Waals surface area contributed by atoms with Crippen LogP contribution in [0.2, 0.25) is 0 Å². The van der Waals surface area contributed by atoms with Gasteiger partial charge in [-0.3, -0.25) is 4.79 Å². The van der Waals surface area contributed by atoms with Crippen LogP contribution in [0.3, 0.4) is 0 Å². The molecular weight excluding hydrogens is 254 g/mol. The van der Waals surface area contributed by atoms with E-state index in [1.807, 2.05) is 43.1 Å². The van der Waals surface area contributed by atoms with Crippen LogP contribution < -0.4 is 9.64 Å². The largest absolute Gasteiger partial charge is 0.496 e. The van der Waals surface area contributed by atoms with Gasteiger partial charge in [0.05, 0.1) is 24.9 Å². The van der Waals surface area contributed by atoms with Crippen LogP contribution in [0, 0.1) is 6.92 Å². The highest BCUT2D eigenvalue weighted by Crippen LogP contribution is 2.30. The van der Waals surface area contributed by atoms with Crippen molar-refractivity contribution in [2.24, 2.45) is 0 Å². The summed E-state index contributed by atoms with van der Waals surface area (Å²) in [6.45, 7) is 4.06. The van der Waals surface area contributed by atoms with Crippen molar-refractivity contribution in [2.45, 2.75) is 20.4 Å². The highest BCUT2D eigenvalue weighted by molar-refractivity contribution is 6.02. The lowest BCUT2D eigenvalue weighted by Gasteiger charge is -2.22. The molecule has 2 rings (SSSR count). The van der Waals surface area contributed by atoms with Crippen LogP contribution in [0.1, 0.15) is 28.8 Å². The summed E-state index contributed by atoms with van der Waals surface area (Å²) in [6, 6.07) is 9.46. The Hall–Kier alpha value is -2.23. The SMILES string of the molecule is COc1cccc(N(C)Cc2ccc(C)o2)c1C(C)=O. The quantitative estimate of drug-likeness (QED) is 0.783. The van der Waals surface area contributed by atoms with Crippen LogP contribution in [0.5, 0.6) is 5.75 Å². The molecule has 0 saturated heterocycles. The van der Waals surface area contributed by atoms with E-state index in [1.165, 1.54) is 0 Å². The zero-order valence-corrected chi connectivity index (χ0v) is 12.3. The van der Waals surface area contributed by atoms with Crippen molar-refractivity contribution in [3.05, 3.63) is 47.4 Å². The molecule has 0 bridgehead atoms. The number of carbonyl (C=O) groups is 1. The van der Waals surface area contributed by atoms with Gasteiger partial charge in [-0.15, -0.1) is 0 Å². The lowest BCUT2D eigenvalue weighted by atomic mass is 10.1. The van der Waals surface area contributed by atoms with Gasteiger partial charge < -0.3 is 14.1 Å². The zero-order valence-electron chi connectivity index (χ0n) is 12.3. The molecule has 1 aromatic heterocycles. The molecule has 0 spiro atoms. The molecule has 0 saturated carbocycles. The minimum absolute atomic E-state index is 0.0140. The predicted octanol–water partition coefficient (Wildman–Crippen LogP) is 3.44. The second kappa shape index (κ2) is 5.82. The molecule has 4 heteroatoms. The first-order chi connectivity index (χ1) is 9.52. The van der Waals surface area contributed by atoms with Crippen molar-refractivity contribution in [3.8, 4) is 5.75 Å². The summed E-state index contributed by atoms with van der Waals surface area (Å²) < 4.78 is 10.9. The van der Waals surface area contributed by atoms with E-state index in [2.05, 4.69) is 0 Å². The Kier molecular flexibility index (Phi) is 4.13. The summed E-state index contributed by atoms with van der Waals surface area (Å²) in [5.41, 5.74) is 1.44. The lowest BCUT2D eigenvalue weighted by Crippen LogP contribution is -2.19. The number of hydrogen-bond donors (Lipinski definition) is 0. The van der Waals surface area contributed by atoms with Gasteiger partial charge in [0.15, 0.2) is 5.78 Å². The Bertz CT molecular complexity index is 616. The lowest BCUT2D eigenvalue weighted by molar-refractivity contribution is 0.101. The smallest absolute Gasteiger partial charge is 0.165 e. The number of hydrogen-bond acceptors (Lipinski definition) is 4. The van der Waals surface area contributed by atoms with E-state index < -0.39 is 0 Å². The van der Waals surface area contributed by atoms with Crippen LogP contribution in [0.4, 0.5) is 5.69 Å². The number of anilines is 1. The molecule has 0 aliphatic rings. The van der Waals surface area contributed by atoms with Crippen LogP contribution in [-0.4, -0.2) is 19.9 Å². The molecule has 0 atom stereocenters. The van der Waals surface area contributed by atoms with Crippen LogP contribution >= 0.6 is 0 Å². The Balaban J connectivity index is 2.34. The molecule has 2 aromatic rings. The Morgan fingerprint density at radius 1 is 1.30 bits per heavy atom. The van der Waals surface area contributed by atoms with E-state index in [0.717, 1.165) is 17.2 Å². The third-order valence-corrected chi connectivity index (χ3v) is 3.18. The molecule has 0 aliphatic carbocycles. The van der Waals surface area contributed by atoms with Gasteiger partial charge in [0, 0.05) is 7.05 Å². The summed E-state index contributed by atoms with van der Waals surface area (Å²) in [5, 5.41) is 0. The minimum atomic E-state index is -0.0140. The Morgan fingerprint density at radius 3 is 2.60 bits per heavy atom.